The van der Waals surface area contributed by atoms with Gasteiger partial charge in [0.25, 0.3) is 0 Å². The summed E-state index contributed by atoms with van der Waals surface area (Å²) in [6, 6.07) is 9.24. The number of halogens is 4. The molecule has 1 N–H and O–H groups in total. The molecule has 2 aromatic carbocycles. The van der Waals surface area contributed by atoms with Gasteiger partial charge in [-0.05, 0) is 68.7 Å². The van der Waals surface area contributed by atoms with Gasteiger partial charge in [-0.1, -0.05) is 11.6 Å². The van der Waals surface area contributed by atoms with Crippen molar-refractivity contribution in [2.75, 3.05) is 26.2 Å². The van der Waals surface area contributed by atoms with Gasteiger partial charge in [-0.15, -0.1) is 12.4 Å². The number of ether oxygens (including phenoxy) is 3. The van der Waals surface area contributed by atoms with Gasteiger partial charge >= 0.3 is 12.1 Å². The van der Waals surface area contributed by atoms with E-state index in [1.54, 1.807) is 32.0 Å². The monoisotopic (exact) mass is 553 g/mol. The molecule has 10 heteroatoms. The molecule has 0 aromatic heterocycles. The number of aliphatic carboxylic acids is 1. The predicted molar refractivity (Wildman–Crippen MR) is 140 cm³/mol. The molecule has 0 atom stereocenters. The van der Waals surface area contributed by atoms with Crippen LogP contribution in [0.3, 0.4) is 0 Å². The third kappa shape index (κ3) is 7.23. The molecular weight excluding hydrogens is 523 g/mol. The smallest absolute Gasteiger partial charge is 0.419 e. The Hall–Kier alpha value is -3.17. The van der Waals surface area contributed by atoms with E-state index >= 15 is 0 Å². The molecule has 0 saturated carbocycles. The van der Waals surface area contributed by atoms with E-state index in [9.17, 15) is 23.1 Å². The van der Waals surface area contributed by atoms with E-state index in [-0.39, 0.29) is 30.9 Å². The molecule has 6 nitrogen and oxygen atoms in total. The molecule has 0 spiro atoms. The fourth-order valence-electron chi connectivity index (χ4n) is 4.37. The van der Waals surface area contributed by atoms with Crippen LogP contribution in [0.15, 0.2) is 53.1 Å². The highest BCUT2D eigenvalue weighted by molar-refractivity contribution is 5.88. The first kappa shape index (κ1) is 29.4. The third-order valence-corrected chi connectivity index (χ3v) is 6.26. The van der Waals surface area contributed by atoms with Crippen LogP contribution in [0.1, 0.15) is 43.9 Å². The first-order valence-electron chi connectivity index (χ1n) is 12.1. The van der Waals surface area contributed by atoms with Gasteiger partial charge in [0, 0.05) is 36.8 Å². The molecule has 0 fully saturated rings. The first-order valence-corrected chi connectivity index (χ1v) is 12.1. The van der Waals surface area contributed by atoms with Gasteiger partial charge < -0.3 is 19.3 Å². The zero-order valence-corrected chi connectivity index (χ0v) is 22.2. The number of hydrogen-bond acceptors (Lipinski definition) is 5. The van der Waals surface area contributed by atoms with Crippen LogP contribution in [-0.2, 0) is 17.6 Å². The van der Waals surface area contributed by atoms with Crippen LogP contribution in [-0.4, -0.2) is 48.3 Å². The summed E-state index contributed by atoms with van der Waals surface area (Å²) in [5.74, 6) is 0.0299. The number of rotatable bonds is 8. The lowest BCUT2D eigenvalue weighted by Crippen LogP contribution is -2.36. The number of carboxylic acids is 1. The number of carboxylic acid groups (broad SMARTS) is 1. The van der Waals surface area contributed by atoms with Crippen LogP contribution in [0.4, 0.5) is 13.2 Å². The third-order valence-electron chi connectivity index (χ3n) is 6.26. The van der Waals surface area contributed by atoms with Crippen LogP contribution in [0.2, 0.25) is 0 Å². The molecule has 0 radical (unpaired) electrons. The van der Waals surface area contributed by atoms with Crippen LogP contribution in [0.25, 0.3) is 6.08 Å². The van der Waals surface area contributed by atoms with Crippen molar-refractivity contribution < 1.29 is 37.3 Å². The largest absolute Gasteiger partial charge is 0.490 e. The summed E-state index contributed by atoms with van der Waals surface area (Å²) in [6.07, 6.45) is -2.17. The second-order valence-electron chi connectivity index (χ2n) is 9.60. The van der Waals surface area contributed by atoms with Gasteiger partial charge in [-0.2, -0.15) is 13.2 Å². The Labute approximate surface area is 226 Å². The van der Waals surface area contributed by atoms with Crippen molar-refractivity contribution in [3.05, 3.63) is 69.8 Å². The fraction of sp³-hybridized carbons (Fsp3) is 0.393. The van der Waals surface area contributed by atoms with Crippen molar-refractivity contribution in [3.63, 3.8) is 0 Å². The lowest BCUT2D eigenvalue weighted by molar-refractivity contribution is -0.139. The van der Waals surface area contributed by atoms with Crippen molar-refractivity contribution in [1.82, 2.24) is 4.90 Å². The highest BCUT2D eigenvalue weighted by Gasteiger charge is 2.35. The van der Waals surface area contributed by atoms with Crippen LogP contribution < -0.4 is 14.2 Å². The predicted octanol–water partition coefficient (Wildman–Crippen LogP) is 6.38. The average Bonchev–Trinajstić information content (AvgIpc) is 2.83. The van der Waals surface area contributed by atoms with Gasteiger partial charge in [-0.3, -0.25) is 4.90 Å². The van der Waals surface area contributed by atoms with Crippen molar-refractivity contribution in [3.8, 4) is 17.2 Å². The van der Waals surface area contributed by atoms with Crippen molar-refractivity contribution in [1.29, 1.82) is 0 Å². The molecule has 0 amide bonds. The molecule has 2 aliphatic heterocycles. The van der Waals surface area contributed by atoms with Gasteiger partial charge in [0.15, 0.2) is 0 Å². The second-order valence-corrected chi connectivity index (χ2v) is 9.60. The summed E-state index contributed by atoms with van der Waals surface area (Å²) in [5, 5.41) is 9.41. The maximum atomic E-state index is 13.5. The Bertz CT molecular complexity index is 1240. The average molecular weight is 554 g/mol. The zero-order chi connectivity index (χ0) is 26.7. The summed E-state index contributed by atoms with van der Waals surface area (Å²) in [5.41, 5.74) is 2.82. The van der Waals surface area contributed by atoms with E-state index in [4.69, 9.17) is 14.2 Å². The van der Waals surface area contributed by atoms with Crippen molar-refractivity contribution in [2.45, 2.75) is 46.1 Å². The molecule has 0 unspecified atom stereocenters. The maximum absolute atomic E-state index is 13.5. The summed E-state index contributed by atoms with van der Waals surface area (Å²) in [7, 11) is 0. The van der Waals surface area contributed by atoms with Crippen LogP contribution in [0, 0.1) is 0 Å². The van der Waals surface area contributed by atoms with Gasteiger partial charge in [0.2, 0.25) is 0 Å². The topological polar surface area (TPSA) is 68.2 Å². The maximum Gasteiger partial charge on any atom is 0.419 e. The van der Waals surface area contributed by atoms with E-state index in [1.165, 1.54) is 6.07 Å². The minimum absolute atomic E-state index is 0. The van der Waals surface area contributed by atoms with Crippen molar-refractivity contribution >= 4 is 24.5 Å². The van der Waals surface area contributed by atoms with Crippen molar-refractivity contribution in [2.24, 2.45) is 0 Å². The van der Waals surface area contributed by atoms with E-state index in [0.29, 0.717) is 42.3 Å². The zero-order valence-electron chi connectivity index (χ0n) is 21.4. The Morgan fingerprint density at radius 3 is 2.63 bits per heavy atom. The molecular formula is C28H31ClF3NO5. The van der Waals surface area contributed by atoms with Crippen LogP contribution >= 0.6 is 12.4 Å². The van der Waals surface area contributed by atoms with Gasteiger partial charge in [0.1, 0.15) is 30.5 Å². The summed E-state index contributed by atoms with van der Waals surface area (Å²) >= 11 is 0. The Kier molecular flexibility index (Phi) is 9.38. The normalized spacial score (nSPS) is 15.8. The molecule has 206 valence electrons. The number of benzene rings is 2. The highest BCUT2D eigenvalue weighted by atomic mass is 35.5. The van der Waals surface area contributed by atoms with E-state index in [2.05, 4.69) is 4.90 Å². The molecule has 2 aromatic rings. The first-order chi connectivity index (χ1) is 17.5. The molecule has 2 heterocycles. The minimum atomic E-state index is -4.54. The Balaban J connectivity index is 0.00000400. The molecule has 0 aliphatic carbocycles. The summed E-state index contributed by atoms with van der Waals surface area (Å²) < 4.78 is 57.5. The van der Waals surface area contributed by atoms with Gasteiger partial charge in [-0.25, -0.2) is 4.79 Å². The highest BCUT2D eigenvalue weighted by Crippen LogP contribution is 2.38. The SMILES string of the molecule is CC1=C(C(=O)O)CN(CC2=Cc3ccc(OCc4ccc(OC(C)C)c(C(F)(F)F)c4)cc3OC2)CC1.Cl. The fourth-order valence-corrected chi connectivity index (χ4v) is 4.37. The minimum Gasteiger partial charge on any atom is -0.490 e. The van der Waals surface area contributed by atoms with E-state index in [0.717, 1.165) is 35.7 Å². The molecule has 38 heavy (non-hydrogen) atoms. The quantitative estimate of drug-likeness (QED) is 0.409. The molecule has 0 saturated heterocycles. The molecule has 4 rings (SSSR count). The lowest BCUT2D eigenvalue weighted by atomic mass is 10.0. The Morgan fingerprint density at radius 2 is 1.95 bits per heavy atom. The summed E-state index contributed by atoms with van der Waals surface area (Å²) in [6.45, 7) is 7.34. The number of hydrogen-bond donors (Lipinski definition) is 1. The Morgan fingerprint density at radius 1 is 1.18 bits per heavy atom. The van der Waals surface area contributed by atoms with Gasteiger partial charge in [0.05, 0.1) is 11.7 Å². The second kappa shape index (κ2) is 12.1. The molecule has 2 aliphatic rings. The molecule has 0 bridgehead atoms. The van der Waals surface area contributed by atoms with E-state index in [1.807, 2.05) is 19.1 Å². The standard InChI is InChI=1S/C28H30F3NO5.ClH/c1-17(2)37-25-7-4-19(11-24(25)28(29,30)31)15-35-22-6-5-21-10-20(16-36-26(21)12-22)13-32-9-8-18(3)23(14-32)27(33)34;/h4-7,10-12,17H,8-9,13-16H2,1-3H3,(H,33,34);1H. The van der Waals surface area contributed by atoms with E-state index < -0.39 is 17.7 Å². The number of carbonyl (C=O) groups is 1. The number of nitrogens with zero attached hydrogens (tertiary/aromatic N) is 1. The number of fused-ring (bicyclic) bond motifs is 1. The number of alkyl halides is 3. The summed E-state index contributed by atoms with van der Waals surface area (Å²) in [4.78, 5) is 13.6. The van der Waals surface area contributed by atoms with Crippen LogP contribution in [0.5, 0.6) is 17.2 Å². The lowest BCUT2D eigenvalue weighted by Gasteiger charge is -2.30.